The molecule has 1 aromatic heterocycles. The topological polar surface area (TPSA) is 302 Å². The number of aliphatic carboxylic acids is 1. The highest BCUT2D eigenvalue weighted by Gasteiger charge is 2.35. The average molecular weight is 710 g/mol. The van der Waals surface area contributed by atoms with Crippen LogP contribution in [0.4, 0.5) is 0 Å². The molecule has 1 saturated heterocycles. The number of aromatic amines is 1. The van der Waals surface area contributed by atoms with Crippen LogP contribution in [0.25, 0.3) is 0 Å². The second kappa shape index (κ2) is 20.2. The molecule has 49 heavy (non-hydrogen) atoms. The molecular weight excluding hydrogens is 658 g/mol. The van der Waals surface area contributed by atoms with Gasteiger partial charge in [0.25, 0.3) is 0 Å². The monoisotopic (exact) mass is 709 g/mol. The number of nitrogens with one attached hydrogen (secondary N) is 6. The van der Waals surface area contributed by atoms with E-state index in [1.54, 1.807) is 20.8 Å². The van der Waals surface area contributed by atoms with Crippen molar-refractivity contribution >= 4 is 53.2 Å². The molecule has 0 bridgehead atoms. The highest BCUT2D eigenvalue weighted by atomic mass is 32.2. The van der Waals surface area contributed by atoms with E-state index in [0.717, 1.165) is 0 Å². The van der Waals surface area contributed by atoms with E-state index in [9.17, 15) is 33.9 Å². The summed E-state index contributed by atoms with van der Waals surface area (Å²) in [7, 11) is 0. The molecule has 0 unspecified atom stereocenters. The van der Waals surface area contributed by atoms with Crippen molar-refractivity contribution in [2.45, 2.75) is 96.1 Å². The van der Waals surface area contributed by atoms with E-state index in [2.05, 4.69) is 41.5 Å². The molecule has 13 N–H and O–H groups in total. The number of nitrogens with two attached hydrogens (primary N) is 3. The van der Waals surface area contributed by atoms with Crippen LogP contribution in [0.15, 0.2) is 17.5 Å². The lowest BCUT2D eigenvalue weighted by Gasteiger charge is -2.30. The van der Waals surface area contributed by atoms with Crippen molar-refractivity contribution < 1.29 is 33.9 Å². The highest BCUT2D eigenvalue weighted by molar-refractivity contribution is 7.99. The number of imidazole rings is 1. The average Bonchev–Trinajstić information content (AvgIpc) is 3.56. The van der Waals surface area contributed by atoms with Gasteiger partial charge in [0.1, 0.15) is 30.2 Å². The normalized spacial score (nSPS) is 22.7. The molecule has 7 atom stereocenters. The fourth-order valence-corrected chi connectivity index (χ4v) is 5.90. The fraction of sp³-hybridized carbons (Fsp3) is 0.667. The van der Waals surface area contributed by atoms with E-state index < -0.39 is 77.7 Å². The Morgan fingerprint density at radius 2 is 1.80 bits per heavy atom. The van der Waals surface area contributed by atoms with E-state index in [0.29, 0.717) is 18.5 Å². The second-order valence-electron chi connectivity index (χ2n) is 12.3. The number of H-pyrrole nitrogens is 1. The lowest BCUT2D eigenvalue weighted by molar-refractivity contribution is -0.142. The molecular formula is C30H51N11O7S. The van der Waals surface area contributed by atoms with Gasteiger partial charge in [-0.15, -0.1) is 0 Å². The standard InChI is InChI=1S/C30H51N11O7S/c1-5-16(4)23-28(46)38-20(11-17-12-34-14-36-17)25(43)37-19(29(47)48)8-10-49-13-21(26(44)41-23)39-27(45)22(15(2)3)40-24(42)18(31)7-6-9-35-30(32)33/h12,14-16,18-23H,5-11,13,31H2,1-4H3,(H,34,36)(H,37,43)(H,38,46)(H,39,45)(H,40,42)(H,41,44)(H,47,48)(H4,32,33,35)/t16-,18-,19-,20-,21-,22-,23-/m0/s1. The van der Waals surface area contributed by atoms with Gasteiger partial charge in [0.05, 0.1) is 12.4 Å². The van der Waals surface area contributed by atoms with Crippen molar-refractivity contribution in [3.8, 4) is 0 Å². The first-order valence-electron chi connectivity index (χ1n) is 16.2. The summed E-state index contributed by atoms with van der Waals surface area (Å²) < 4.78 is 0. The third kappa shape index (κ3) is 13.6. The Balaban J connectivity index is 2.31. The number of nitrogens with zero attached hydrogens (tertiary/aromatic N) is 2. The molecule has 274 valence electrons. The Hall–Kier alpha value is -4.39. The van der Waals surface area contributed by atoms with E-state index in [-0.39, 0.29) is 49.2 Å². The van der Waals surface area contributed by atoms with Crippen LogP contribution in [0.5, 0.6) is 0 Å². The zero-order chi connectivity index (χ0) is 36.7. The van der Waals surface area contributed by atoms with E-state index in [4.69, 9.17) is 17.2 Å². The highest BCUT2D eigenvalue weighted by Crippen LogP contribution is 2.14. The zero-order valence-corrected chi connectivity index (χ0v) is 29.2. The van der Waals surface area contributed by atoms with Gasteiger partial charge in [-0.1, -0.05) is 34.1 Å². The SMILES string of the molecule is CC[C@H](C)[C@@H]1NC(=O)[C@@H](NC(=O)[C@@H](NC(=O)[C@@H](N)CCCN=C(N)N)C(C)C)CSCC[C@@H](C(=O)O)NC(=O)[C@H](Cc2cnc[nH]2)NC1=O. The second-order valence-corrected chi connectivity index (χ2v) is 13.5. The Bertz CT molecular complexity index is 1310. The Morgan fingerprint density at radius 1 is 1.08 bits per heavy atom. The summed E-state index contributed by atoms with van der Waals surface area (Å²) in [6, 6.07) is -6.71. The summed E-state index contributed by atoms with van der Waals surface area (Å²) in [5.41, 5.74) is 17.2. The largest absolute Gasteiger partial charge is 0.480 e. The van der Waals surface area contributed by atoms with Crippen LogP contribution in [0, 0.1) is 11.8 Å². The van der Waals surface area contributed by atoms with Crippen LogP contribution in [-0.2, 0) is 35.2 Å². The molecule has 1 aromatic rings. The first kappa shape index (κ1) is 40.8. The molecule has 2 rings (SSSR count). The summed E-state index contributed by atoms with van der Waals surface area (Å²) >= 11 is 1.19. The smallest absolute Gasteiger partial charge is 0.326 e. The number of rotatable bonds is 14. The minimum atomic E-state index is -1.28. The number of carboxylic acid groups (broad SMARTS) is 1. The molecule has 1 aliphatic heterocycles. The van der Waals surface area contributed by atoms with Crippen molar-refractivity contribution in [3.05, 3.63) is 18.2 Å². The summed E-state index contributed by atoms with van der Waals surface area (Å²) in [5.74, 6) is -5.13. The minimum Gasteiger partial charge on any atom is -0.480 e. The number of aliphatic imine (C=N–C) groups is 1. The van der Waals surface area contributed by atoms with Crippen molar-refractivity contribution in [1.82, 2.24) is 36.6 Å². The third-order valence-electron chi connectivity index (χ3n) is 8.04. The molecule has 1 fully saturated rings. The van der Waals surface area contributed by atoms with Gasteiger partial charge >= 0.3 is 5.97 Å². The van der Waals surface area contributed by atoms with E-state index in [1.165, 1.54) is 24.3 Å². The molecule has 0 spiro atoms. The van der Waals surface area contributed by atoms with Gasteiger partial charge in [-0.25, -0.2) is 9.78 Å². The number of hydrogen-bond acceptors (Lipinski definition) is 10. The summed E-state index contributed by atoms with van der Waals surface area (Å²) in [6.07, 6.45) is 4.05. The van der Waals surface area contributed by atoms with Crippen molar-refractivity contribution in [2.75, 3.05) is 18.1 Å². The van der Waals surface area contributed by atoms with Crippen LogP contribution in [-0.4, -0.2) is 111 Å². The number of hydrogen-bond donors (Lipinski definition) is 10. The predicted octanol–water partition coefficient (Wildman–Crippen LogP) is -2.32. The van der Waals surface area contributed by atoms with E-state index in [1.807, 2.05) is 6.92 Å². The van der Waals surface area contributed by atoms with Crippen molar-refractivity contribution in [1.29, 1.82) is 0 Å². The first-order chi connectivity index (χ1) is 23.1. The zero-order valence-electron chi connectivity index (χ0n) is 28.4. The predicted molar refractivity (Wildman–Crippen MR) is 184 cm³/mol. The number of carbonyl (C=O) groups excluding carboxylic acids is 5. The summed E-state index contributed by atoms with van der Waals surface area (Å²) in [6.45, 7) is 7.32. The van der Waals surface area contributed by atoms with Crippen LogP contribution < -0.4 is 43.8 Å². The quantitative estimate of drug-likeness (QED) is 0.0553. The molecule has 1 aliphatic rings. The molecule has 0 aromatic carbocycles. The van der Waals surface area contributed by atoms with Gasteiger partial charge in [-0.05, 0) is 36.9 Å². The number of amides is 5. The molecule has 18 nitrogen and oxygen atoms in total. The minimum absolute atomic E-state index is 0.00000753. The van der Waals surface area contributed by atoms with Gasteiger partial charge in [0.2, 0.25) is 29.5 Å². The lowest BCUT2D eigenvalue weighted by atomic mass is 9.97. The van der Waals surface area contributed by atoms with Crippen LogP contribution in [0.2, 0.25) is 0 Å². The lowest BCUT2D eigenvalue weighted by Crippen LogP contribution is -2.61. The maximum atomic E-state index is 13.7. The Morgan fingerprint density at radius 3 is 2.39 bits per heavy atom. The van der Waals surface area contributed by atoms with Crippen LogP contribution in [0.3, 0.4) is 0 Å². The van der Waals surface area contributed by atoms with Gasteiger partial charge in [-0.2, -0.15) is 11.8 Å². The molecule has 0 aliphatic carbocycles. The molecule has 19 heteroatoms. The summed E-state index contributed by atoms with van der Waals surface area (Å²) in [5, 5.41) is 23.1. The van der Waals surface area contributed by atoms with Gasteiger partial charge in [-0.3, -0.25) is 29.0 Å². The van der Waals surface area contributed by atoms with Crippen molar-refractivity contribution in [2.24, 2.45) is 34.0 Å². The molecule has 5 amide bonds. The number of aromatic nitrogens is 2. The Labute approximate surface area is 289 Å². The van der Waals surface area contributed by atoms with Crippen LogP contribution in [0.1, 0.15) is 59.1 Å². The van der Waals surface area contributed by atoms with Gasteiger partial charge < -0.3 is 53.9 Å². The van der Waals surface area contributed by atoms with Gasteiger partial charge in [0, 0.05) is 30.6 Å². The summed E-state index contributed by atoms with van der Waals surface area (Å²) in [4.78, 5) is 89.8. The molecule has 0 radical (unpaired) electrons. The number of thioether (sulfide) groups is 1. The maximum Gasteiger partial charge on any atom is 0.326 e. The van der Waals surface area contributed by atoms with Gasteiger partial charge in [0.15, 0.2) is 5.96 Å². The maximum absolute atomic E-state index is 13.7. The fourth-order valence-electron chi connectivity index (χ4n) is 4.86. The van der Waals surface area contributed by atoms with E-state index >= 15 is 0 Å². The third-order valence-corrected chi connectivity index (χ3v) is 9.13. The van der Waals surface area contributed by atoms with Crippen LogP contribution >= 0.6 is 11.8 Å². The van der Waals surface area contributed by atoms with Crippen molar-refractivity contribution in [3.63, 3.8) is 0 Å². The Kier molecular flexibility index (Phi) is 16.8. The molecule has 0 saturated carbocycles. The number of guanidine groups is 1. The number of carboxylic acids is 1. The molecule has 2 heterocycles. The first-order valence-corrected chi connectivity index (χ1v) is 17.4. The number of carbonyl (C=O) groups is 6.